The minimum atomic E-state index is -5.23. The van der Waals surface area contributed by atoms with Crippen molar-refractivity contribution < 1.29 is 46.3 Å². The molecule has 0 aliphatic carbocycles. The van der Waals surface area contributed by atoms with Crippen LogP contribution in [-0.2, 0) is 31.6 Å². The van der Waals surface area contributed by atoms with Gasteiger partial charge in [-0.05, 0) is 18.8 Å². The summed E-state index contributed by atoms with van der Waals surface area (Å²) in [6, 6.07) is 0. The topological polar surface area (TPSA) is 149 Å². The number of hydrogen-bond donors (Lipinski definition) is 3. The van der Waals surface area contributed by atoms with E-state index in [2.05, 4.69) is 13.1 Å². The SMILES string of the molecule is C[C@H]1CC(C)(C)[C@@H](COP(=O)(O)OP(=O)(O)OP(C)(=O)O)O1. The molecule has 0 amide bonds. The van der Waals surface area contributed by atoms with Crippen molar-refractivity contribution in [2.45, 2.75) is 39.4 Å². The highest BCUT2D eigenvalue weighted by molar-refractivity contribution is 7.68. The van der Waals surface area contributed by atoms with E-state index in [-0.39, 0.29) is 18.1 Å². The van der Waals surface area contributed by atoms with Crippen LogP contribution in [0.3, 0.4) is 0 Å². The zero-order chi connectivity index (χ0) is 17.4. The Balaban J connectivity index is 2.63. The fourth-order valence-electron chi connectivity index (χ4n) is 2.17. The van der Waals surface area contributed by atoms with Gasteiger partial charge in [-0.3, -0.25) is 9.09 Å². The second kappa shape index (κ2) is 6.73. The third-order valence-electron chi connectivity index (χ3n) is 2.93. The van der Waals surface area contributed by atoms with E-state index in [1.807, 2.05) is 20.8 Å². The first-order valence-electron chi connectivity index (χ1n) is 6.30. The van der Waals surface area contributed by atoms with Gasteiger partial charge < -0.3 is 19.4 Å². The molecule has 1 aliphatic heterocycles. The second-order valence-corrected chi connectivity index (χ2v) is 10.9. The number of ether oxygens (including phenoxy) is 1. The highest BCUT2D eigenvalue weighted by Gasteiger charge is 2.43. The zero-order valence-corrected chi connectivity index (χ0v) is 15.3. The van der Waals surface area contributed by atoms with Crippen molar-refractivity contribution >= 4 is 23.2 Å². The molecule has 0 aromatic heterocycles. The Hall–Kier alpha value is 0.410. The van der Waals surface area contributed by atoms with Gasteiger partial charge in [0.25, 0.3) is 0 Å². The first-order chi connectivity index (χ1) is 9.62. The van der Waals surface area contributed by atoms with Crippen LogP contribution < -0.4 is 0 Å². The first kappa shape index (κ1) is 20.5. The average molecular weight is 382 g/mol. The number of phosphoric acid groups is 2. The maximum Gasteiger partial charge on any atom is 0.488 e. The second-order valence-electron chi connectivity index (χ2n) is 5.83. The van der Waals surface area contributed by atoms with E-state index >= 15 is 0 Å². The van der Waals surface area contributed by atoms with Crippen molar-refractivity contribution in [3.05, 3.63) is 0 Å². The Morgan fingerprint density at radius 1 is 1.14 bits per heavy atom. The minimum Gasteiger partial charge on any atom is -0.372 e. The van der Waals surface area contributed by atoms with E-state index in [1.54, 1.807) is 0 Å². The van der Waals surface area contributed by atoms with Crippen molar-refractivity contribution in [3.63, 3.8) is 0 Å². The summed E-state index contributed by atoms with van der Waals surface area (Å²) < 4.78 is 51.8. The van der Waals surface area contributed by atoms with E-state index < -0.39 is 29.3 Å². The Kier molecular flexibility index (Phi) is 6.26. The standard InChI is InChI=1S/C9H21O10P3/c1-7-5-9(2,3)8(17-7)6-16-21(12,13)19-22(14,15)18-20(4,10)11/h7-8H,5-6H2,1-4H3,(H,10,11)(H,12,13)(H,14,15)/t7-,8+/m0/s1. The van der Waals surface area contributed by atoms with Gasteiger partial charge >= 0.3 is 23.2 Å². The summed E-state index contributed by atoms with van der Waals surface area (Å²) in [6.07, 6.45) is 0.138. The third kappa shape index (κ3) is 6.89. The van der Waals surface area contributed by atoms with Crippen LogP contribution in [0.2, 0.25) is 0 Å². The highest BCUT2D eigenvalue weighted by atomic mass is 31.3. The van der Waals surface area contributed by atoms with Gasteiger partial charge in [-0.25, -0.2) is 13.4 Å². The first-order valence-corrected chi connectivity index (χ1v) is 11.3. The molecule has 3 N–H and O–H groups in total. The summed E-state index contributed by atoms with van der Waals surface area (Å²) in [5.41, 5.74) is -0.316. The summed E-state index contributed by atoms with van der Waals surface area (Å²) in [7, 11) is -14.6. The highest BCUT2D eigenvalue weighted by Crippen LogP contribution is 2.66. The fourth-order valence-corrected chi connectivity index (χ4v) is 5.65. The van der Waals surface area contributed by atoms with Gasteiger partial charge in [0.05, 0.1) is 18.8 Å². The molecule has 10 nitrogen and oxygen atoms in total. The lowest BCUT2D eigenvalue weighted by Gasteiger charge is -2.25. The molecule has 132 valence electrons. The molecule has 0 radical (unpaired) electrons. The van der Waals surface area contributed by atoms with Gasteiger partial charge in [-0.1, -0.05) is 13.8 Å². The van der Waals surface area contributed by atoms with Crippen molar-refractivity contribution in [1.82, 2.24) is 0 Å². The molecule has 0 saturated carbocycles. The van der Waals surface area contributed by atoms with Gasteiger partial charge in [0.1, 0.15) is 0 Å². The van der Waals surface area contributed by atoms with Crippen LogP contribution in [0.4, 0.5) is 0 Å². The minimum absolute atomic E-state index is 0.0600. The van der Waals surface area contributed by atoms with Crippen molar-refractivity contribution in [2.75, 3.05) is 13.3 Å². The van der Waals surface area contributed by atoms with E-state index in [1.165, 1.54) is 0 Å². The fraction of sp³-hybridized carbons (Fsp3) is 1.00. The smallest absolute Gasteiger partial charge is 0.372 e. The van der Waals surface area contributed by atoms with Crippen molar-refractivity contribution in [1.29, 1.82) is 0 Å². The molecular formula is C9H21O10P3. The summed E-state index contributed by atoms with van der Waals surface area (Å²) >= 11 is 0. The van der Waals surface area contributed by atoms with E-state index in [0.29, 0.717) is 13.1 Å². The Morgan fingerprint density at radius 3 is 2.09 bits per heavy atom. The Labute approximate surface area is 128 Å². The van der Waals surface area contributed by atoms with Crippen LogP contribution in [0.15, 0.2) is 0 Å². The van der Waals surface area contributed by atoms with Gasteiger partial charge in [0.15, 0.2) is 0 Å². The Morgan fingerprint density at radius 2 is 1.68 bits per heavy atom. The number of phosphoric ester groups is 1. The van der Waals surface area contributed by atoms with Crippen LogP contribution in [0.5, 0.6) is 0 Å². The summed E-state index contributed by atoms with van der Waals surface area (Å²) in [4.78, 5) is 27.4. The van der Waals surface area contributed by atoms with Crippen LogP contribution >= 0.6 is 23.2 Å². The Bertz CT molecular complexity index is 540. The zero-order valence-electron chi connectivity index (χ0n) is 12.6. The van der Waals surface area contributed by atoms with Crippen LogP contribution in [-0.4, -0.2) is 40.2 Å². The molecule has 3 unspecified atom stereocenters. The summed E-state index contributed by atoms with van der Waals surface area (Å²) in [6.45, 7) is 5.87. The van der Waals surface area contributed by atoms with Crippen LogP contribution in [0, 0.1) is 5.41 Å². The normalized spacial score (nSPS) is 32.9. The molecule has 22 heavy (non-hydrogen) atoms. The van der Waals surface area contributed by atoms with E-state index in [4.69, 9.17) is 14.5 Å². The number of rotatable bonds is 7. The quantitative estimate of drug-likeness (QED) is 0.560. The molecular weight excluding hydrogens is 361 g/mol. The van der Waals surface area contributed by atoms with Crippen LogP contribution in [0.1, 0.15) is 27.2 Å². The predicted molar refractivity (Wildman–Crippen MR) is 76.3 cm³/mol. The molecule has 1 heterocycles. The maximum absolute atomic E-state index is 11.6. The van der Waals surface area contributed by atoms with E-state index in [9.17, 15) is 18.6 Å². The molecule has 0 spiro atoms. The molecule has 5 atom stereocenters. The molecule has 1 aliphatic rings. The summed E-state index contributed by atoms with van der Waals surface area (Å²) in [5, 5.41) is 0. The van der Waals surface area contributed by atoms with Gasteiger partial charge in [0.2, 0.25) is 0 Å². The summed E-state index contributed by atoms with van der Waals surface area (Å²) in [5.74, 6) is 0. The van der Waals surface area contributed by atoms with Gasteiger partial charge in [-0.15, -0.1) is 0 Å². The molecule has 1 saturated heterocycles. The van der Waals surface area contributed by atoms with E-state index in [0.717, 1.165) is 0 Å². The lowest BCUT2D eigenvalue weighted by molar-refractivity contribution is -0.00975. The molecule has 13 heteroatoms. The molecule has 1 fully saturated rings. The average Bonchev–Trinajstić information content (AvgIpc) is 2.42. The molecule has 0 aromatic rings. The third-order valence-corrected chi connectivity index (χ3v) is 7.10. The largest absolute Gasteiger partial charge is 0.488 e. The predicted octanol–water partition coefficient (Wildman–Crippen LogP) is 2.26. The number of hydrogen-bond acceptors (Lipinski definition) is 7. The molecule has 0 aromatic carbocycles. The van der Waals surface area contributed by atoms with Crippen molar-refractivity contribution in [2.24, 2.45) is 5.41 Å². The molecule has 1 rings (SSSR count). The van der Waals surface area contributed by atoms with Gasteiger partial charge in [0, 0.05) is 6.66 Å². The molecule has 0 bridgehead atoms. The van der Waals surface area contributed by atoms with Crippen molar-refractivity contribution in [3.8, 4) is 0 Å². The maximum atomic E-state index is 11.6. The monoisotopic (exact) mass is 382 g/mol. The van der Waals surface area contributed by atoms with Gasteiger partial charge in [-0.2, -0.15) is 4.31 Å². The lowest BCUT2D eigenvalue weighted by atomic mass is 9.85. The van der Waals surface area contributed by atoms with Crippen LogP contribution in [0.25, 0.3) is 0 Å². The lowest BCUT2D eigenvalue weighted by Crippen LogP contribution is -2.28.